The smallest absolute Gasteiger partial charge is 0.227 e. The zero-order valence-corrected chi connectivity index (χ0v) is 19.0. The van der Waals surface area contributed by atoms with Crippen molar-refractivity contribution in [2.75, 3.05) is 23.7 Å². The van der Waals surface area contributed by atoms with Gasteiger partial charge in [0.25, 0.3) is 0 Å². The molecule has 2 aromatic heterocycles. The molecule has 4 rings (SSSR count). The normalized spacial score (nSPS) is 21.7. The highest BCUT2D eigenvalue weighted by Crippen LogP contribution is 2.33. The molecule has 0 aliphatic heterocycles. The van der Waals surface area contributed by atoms with Crippen molar-refractivity contribution < 1.29 is 0 Å². The van der Waals surface area contributed by atoms with Gasteiger partial charge in [0.1, 0.15) is 0 Å². The number of anilines is 2. The first kappa shape index (κ1) is 26.0. The van der Waals surface area contributed by atoms with E-state index in [2.05, 4.69) is 20.2 Å². The maximum absolute atomic E-state index is 6.03. The van der Waals surface area contributed by atoms with Crippen molar-refractivity contribution in [2.45, 2.75) is 69.5 Å². The van der Waals surface area contributed by atoms with E-state index in [1.54, 1.807) is 0 Å². The Kier molecular flexibility index (Phi) is 10.7. The molecule has 6 N–H and O–H groups in total. The number of nitrogens with zero attached hydrogens (tertiary/aromatic N) is 4. The molecule has 2 aliphatic rings. The predicted octanol–water partition coefficient (Wildman–Crippen LogP) is 3.26. The largest absolute Gasteiger partial charge is 0.367 e. The average Bonchev–Trinajstić information content (AvgIpc) is 3.31. The average molecular weight is 468 g/mol. The summed E-state index contributed by atoms with van der Waals surface area (Å²) in [7, 11) is 0. The summed E-state index contributed by atoms with van der Waals surface area (Å²) in [4.78, 5) is 14.1. The van der Waals surface area contributed by atoms with Gasteiger partial charge in [-0.2, -0.15) is 9.97 Å². The van der Waals surface area contributed by atoms with Crippen molar-refractivity contribution >= 4 is 60.2 Å². The first-order valence-corrected chi connectivity index (χ1v) is 9.95. The molecule has 11 heteroatoms. The van der Waals surface area contributed by atoms with Crippen molar-refractivity contribution in [3.05, 3.63) is 6.33 Å². The van der Waals surface area contributed by atoms with Gasteiger partial charge in [-0.05, 0) is 38.5 Å². The standard InChI is InChI=1S/C18H30N8.3ClH/c19-9-10-21-16-15-17(26(11-22-15)14-3-1-2-4-14)25-18(24-16)23-13-7-5-12(20)6-8-13;;;/h11-14H,1-10,19-20H2,(H2,21,23,24,25);3*1H. The molecule has 0 aromatic carbocycles. The van der Waals surface area contributed by atoms with Gasteiger partial charge >= 0.3 is 0 Å². The van der Waals surface area contributed by atoms with Crippen LogP contribution in [0.2, 0.25) is 0 Å². The summed E-state index contributed by atoms with van der Waals surface area (Å²) in [6.07, 6.45) is 11.1. The first-order chi connectivity index (χ1) is 12.7. The summed E-state index contributed by atoms with van der Waals surface area (Å²) in [6.45, 7) is 1.22. The Labute approximate surface area is 190 Å². The zero-order chi connectivity index (χ0) is 17.9. The van der Waals surface area contributed by atoms with Crippen molar-refractivity contribution in [2.24, 2.45) is 11.5 Å². The minimum absolute atomic E-state index is 0. The minimum atomic E-state index is 0. The van der Waals surface area contributed by atoms with Crippen LogP contribution < -0.4 is 22.1 Å². The van der Waals surface area contributed by atoms with Crippen LogP contribution in [0, 0.1) is 0 Å². The van der Waals surface area contributed by atoms with E-state index in [1.807, 2.05) is 6.33 Å². The maximum Gasteiger partial charge on any atom is 0.227 e. The van der Waals surface area contributed by atoms with Crippen molar-refractivity contribution in [3.8, 4) is 0 Å². The fraction of sp³-hybridized carbons (Fsp3) is 0.722. The lowest BCUT2D eigenvalue weighted by molar-refractivity contribution is 0.410. The molecule has 0 spiro atoms. The molecular weight excluding hydrogens is 435 g/mol. The van der Waals surface area contributed by atoms with Crippen LogP contribution in [-0.2, 0) is 0 Å². The van der Waals surface area contributed by atoms with E-state index in [1.165, 1.54) is 25.7 Å². The Morgan fingerprint density at radius 3 is 2.34 bits per heavy atom. The van der Waals surface area contributed by atoms with E-state index in [0.717, 1.165) is 42.7 Å². The second-order valence-corrected chi connectivity index (χ2v) is 7.63. The van der Waals surface area contributed by atoms with Crippen molar-refractivity contribution in [3.63, 3.8) is 0 Å². The fourth-order valence-corrected chi connectivity index (χ4v) is 4.19. The fourth-order valence-electron chi connectivity index (χ4n) is 4.19. The van der Waals surface area contributed by atoms with Crippen LogP contribution in [0.5, 0.6) is 0 Å². The Morgan fingerprint density at radius 1 is 1.00 bits per heavy atom. The van der Waals surface area contributed by atoms with Crippen LogP contribution in [-0.4, -0.2) is 44.7 Å². The summed E-state index contributed by atoms with van der Waals surface area (Å²) >= 11 is 0. The molecule has 0 bridgehead atoms. The van der Waals surface area contributed by atoms with Crippen LogP contribution in [0.4, 0.5) is 11.8 Å². The lowest BCUT2D eigenvalue weighted by Crippen LogP contribution is -2.33. The number of hydrogen-bond acceptors (Lipinski definition) is 7. The number of fused-ring (bicyclic) bond motifs is 1. The van der Waals surface area contributed by atoms with Gasteiger partial charge in [0.2, 0.25) is 5.95 Å². The third kappa shape index (κ3) is 5.98. The van der Waals surface area contributed by atoms with Gasteiger partial charge < -0.3 is 26.7 Å². The molecule has 0 amide bonds. The summed E-state index contributed by atoms with van der Waals surface area (Å²) in [5.41, 5.74) is 13.4. The van der Waals surface area contributed by atoms with Crippen LogP contribution in [0.25, 0.3) is 11.2 Å². The monoisotopic (exact) mass is 466 g/mol. The van der Waals surface area contributed by atoms with E-state index < -0.39 is 0 Å². The van der Waals surface area contributed by atoms with E-state index >= 15 is 0 Å². The molecule has 2 fully saturated rings. The molecule has 0 unspecified atom stereocenters. The molecule has 2 saturated carbocycles. The molecule has 0 radical (unpaired) electrons. The maximum atomic E-state index is 6.03. The SMILES string of the molecule is Cl.Cl.Cl.NCCNc1nc(NC2CCC(N)CC2)nc2c1ncn2C1CCCC1. The van der Waals surface area contributed by atoms with Gasteiger partial charge in [0, 0.05) is 31.2 Å². The summed E-state index contributed by atoms with van der Waals surface area (Å²) in [5.74, 6) is 1.45. The number of nitrogens with two attached hydrogens (primary N) is 2. The molecule has 8 nitrogen and oxygen atoms in total. The van der Waals surface area contributed by atoms with E-state index in [4.69, 9.17) is 21.4 Å². The second-order valence-electron chi connectivity index (χ2n) is 7.63. The molecule has 0 saturated heterocycles. The first-order valence-electron chi connectivity index (χ1n) is 9.95. The number of aromatic nitrogens is 4. The Hall–Kier alpha value is -1.06. The topological polar surface area (TPSA) is 120 Å². The second kappa shape index (κ2) is 12.0. The quantitative estimate of drug-likeness (QED) is 0.514. The molecule has 166 valence electrons. The number of halogens is 3. The Bertz CT molecular complexity index is 742. The van der Waals surface area contributed by atoms with Crippen LogP contribution in [0.1, 0.15) is 57.4 Å². The van der Waals surface area contributed by atoms with Crippen LogP contribution in [0.15, 0.2) is 6.33 Å². The van der Waals surface area contributed by atoms with E-state index in [9.17, 15) is 0 Å². The summed E-state index contributed by atoms with van der Waals surface area (Å²) in [6, 6.07) is 1.22. The third-order valence-electron chi connectivity index (χ3n) is 5.68. The molecule has 2 heterocycles. The number of nitrogens with one attached hydrogen (secondary N) is 2. The van der Waals surface area contributed by atoms with Gasteiger partial charge in [0.15, 0.2) is 17.0 Å². The molecule has 2 aromatic rings. The van der Waals surface area contributed by atoms with Crippen molar-refractivity contribution in [1.82, 2.24) is 19.5 Å². The van der Waals surface area contributed by atoms with Gasteiger partial charge in [-0.1, -0.05) is 12.8 Å². The lowest BCUT2D eigenvalue weighted by atomic mass is 9.92. The minimum Gasteiger partial charge on any atom is -0.367 e. The van der Waals surface area contributed by atoms with E-state index in [0.29, 0.717) is 37.2 Å². The predicted molar refractivity (Wildman–Crippen MR) is 126 cm³/mol. The highest BCUT2D eigenvalue weighted by Gasteiger charge is 2.23. The van der Waals surface area contributed by atoms with Gasteiger partial charge in [-0.25, -0.2) is 4.98 Å². The van der Waals surface area contributed by atoms with Gasteiger partial charge in [-0.3, -0.25) is 0 Å². The Balaban J connectivity index is 0.00000140. The van der Waals surface area contributed by atoms with Gasteiger partial charge in [0.05, 0.1) is 6.33 Å². The molecular formula is C18H33Cl3N8. The number of imidazole rings is 1. The highest BCUT2D eigenvalue weighted by molar-refractivity contribution is 5.86. The number of hydrogen-bond donors (Lipinski definition) is 4. The van der Waals surface area contributed by atoms with Crippen molar-refractivity contribution in [1.29, 1.82) is 0 Å². The summed E-state index contributed by atoms with van der Waals surface area (Å²) < 4.78 is 2.24. The van der Waals surface area contributed by atoms with Crippen LogP contribution in [0.3, 0.4) is 0 Å². The lowest BCUT2D eigenvalue weighted by Gasteiger charge is -2.27. The number of rotatable bonds is 6. The molecule has 0 atom stereocenters. The highest BCUT2D eigenvalue weighted by atomic mass is 35.5. The van der Waals surface area contributed by atoms with E-state index in [-0.39, 0.29) is 37.2 Å². The van der Waals surface area contributed by atoms with Crippen LogP contribution >= 0.6 is 37.2 Å². The third-order valence-corrected chi connectivity index (χ3v) is 5.68. The zero-order valence-electron chi connectivity index (χ0n) is 16.5. The Morgan fingerprint density at radius 2 is 1.69 bits per heavy atom. The van der Waals surface area contributed by atoms with Gasteiger partial charge in [-0.15, -0.1) is 37.2 Å². The molecule has 29 heavy (non-hydrogen) atoms. The summed E-state index contributed by atoms with van der Waals surface area (Å²) in [5, 5.41) is 6.84. The molecule has 2 aliphatic carbocycles.